The number of nitrogens with one attached hydrogen (secondary N) is 2. The second-order valence-electron chi connectivity index (χ2n) is 9.87. The molecule has 6 heteroatoms. The number of fused-ring (bicyclic) bond motifs is 2. The number of aromatic nitrogens is 2. The molecule has 2 saturated heterocycles. The van der Waals surface area contributed by atoms with Crippen molar-refractivity contribution in [2.75, 3.05) is 13.1 Å². The number of carbonyl (C=O) groups excluding carboxylic acids is 1. The van der Waals surface area contributed by atoms with Crippen LogP contribution in [-0.4, -0.2) is 46.7 Å². The molecule has 0 radical (unpaired) electrons. The number of nitrogens with zero attached hydrogens (tertiary/aromatic N) is 2. The third-order valence-electron chi connectivity index (χ3n) is 7.72. The van der Waals surface area contributed by atoms with Crippen molar-refractivity contribution in [1.29, 1.82) is 0 Å². The summed E-state index contributed by atoms with van der Waals surface area (Å²) in [4.78, 5) is 13.4. The zero-order valence-electron chi connectivity index (χ0n) is 20.2. The molecule has 180 valence electrons. The summed E-state index contributed by atoms with van der Waals surface area (Å²) in [5.41, 5.74) is 4.21. The normalized spacial score (nSPS) is 21.1. The maximum Gasteiger partial charge on any atom is 0.210 e. The number of H-pyrrole nitrogens is 1. The Labute approximate surface area is 205 Å². The Bertz CT molecular complexity index is 1360. The molecule has 35 heavy (non-hydrogen) atoms. The second kappa shape index (κ2) is 9.34. The first-order chi connectivity index (χ1) is 17.2. The molecular weight excluding hydrogens is 436 g/mol. The monoisotopic (exact) mass is 468 g/mol. The van der Waals surface area contributed by atoms with Gasteiger partial charge in [-0.15, -0.1) is 0 Å². The van der Waals surface area contributed by atoms with Crippen molar-refractivity contribution in [3.8, 4) is 17.0 Å². The van der Waals surface area contributed by atoms with E-state index in [9.17, 15) is 4.79 Å². The summed E-state index contributed by atoms with van der Waals surface area (Å²) in [7, 11) is 0. The molecule has 2 fully saturated rings. The first kappa shape index (κ1) is 22.1. The number of aromatic amines is 1. The van der Waals surface area contributed by atoms with Gasteiger partial charge in [0.1, 0.15) is 11.9 Å². The average molecular weight is 469 g/mol. The zero-order chi connectivity index (χ0) is 23.8. The van der Waals surface area contributed by atoms with Crippen LogP contribution in [0, 0.1) is 0 Å². The highest BCUT2D eigenvalue weighted by molar-refractivity contribution is 5.96. The Morgan fingerprint density at radius 1 is 1.09 bits per heavy atom. The molecule has 2 aliphatic heterocycles. The summed E-state index contributed by atoms with van der Waals surface area (Å²) in [6.45, 7) is 4.11. The lowest BCUT2D eigenvalue weighted by atomic mass is 9.99. The molecule has 2 aliphatic rings. The van der Waals surface area contributed by atoms with Gasteiger partial charge in [-0.25, -0.2) is 0 Å². The van der Waals surface area contributed by atoms with Crippen molar-refractivity contribution >= 4 is 28.1 Å². The third-order valence-corrected chi connectivity index (χ3v) is 7.72. The van der Waals surface area contributed by atoms with E-state index in [1.807, 2.05) is 4.90 Å². The first-order valence-corrected chi connectivity index (χ1v) is 12.9. The van der Waals surface area contributed by atoms with Gasteiger partial charge in [-0.05, 0) is 85.3 Å². The van der Waals surface area contributed by atoms with Crippen LogP contribution >= 0.6 is 0 Å². The fourth-order valence-electron chi connectivity index (χ4n) is 5.83. The Morgan fingerprint density at radius 2 is 1.97 bits per heavy atom. The molecule has 3 atom stereocenters. The highest BCUT2D eigenvalue weighted by atomic mass is 16.5. The Hall–Kier alpha value is -3.38. The largest absolute Gasteiger partial charge is 0.489 e. The van der Waals surface area contributed by atoms with Gasteiger partial charge in [0.05, 0.1) is 17.3 Å². The van der Waals surface area contributed by atoms with Crippen molar-refractivity contribution in [2.24, 2.45) is 0 Å². The maximum atomic E-state index is 11.5. The van der Waals surface area contributed by atoms with Gasteiger partial charge >= 0.3 is 0 Å². The lowest BCUT2D eigenvalue weighted by Gasteiger charge is -2.24. The van der Waals surface area contributed by atoms with Crippen molar-refractivity contribution in [2.45, 2.75) is 57.2 Å². The topological polar surface area (TPSA) is 70.2 Å². The molecular formula is C29H32N4O2. The van der Waals surface area contributed by atoms with Gasteiger partial charge in [0.2, 0.25) is 6.41 Å². The second-order valence-corrected chi connectivity index (χ2v) is 9.87. The summed E-state index contributed by atoms with van der Waals surface area (Å²) in [6, 6.07) is 19.8. The number of ether oxygens (including phenoxy) is 1. The van der Waals surface area contributed by atoms with E-state index in [-0.39, 0.29) is 12.1 Å². The number of hydrogen-bond acceptors (Lipinski definition) is 4. The van der Waals surface area contributed by atoms with Crippen LogP contribution in [0.15, 0.2) is 54.6 Å². The number of rotatable bonds is 7. The van der Waals surface area contributed by atoms with Crippen molar-refractivity contribution < 1.29 is 9.53 Å². The van der Waals surface area contributed by atoms with E-state index in [0.717, 1.165) is 77.4 Å². The van der Waals surface area contributed by atoms with Crippen molar-refractivity contribution in [1.82, 2.24) is 20.4 Å². The molecule has 0 bridgehead atoms. The molecule has 3 unspecified atom stereocenters. The molecule has 0 aliphatic carbocycles. The van der Waals surface area contributed by atoms with Crippen LogP contribution in [0.25, 0.3) is 32.9 Å². The molecule has 1 amide bonds. The van der Waals surface area contributed by atoms with Crippen LogP contribution in [0.1, 0.15) is 50.6 Å². The average Bonchev–Trinajstić information content (AvgIpc) is 3.67. The van der Waals surface area contributed by atoms with E-state index in [1.165, 1.54) is 18.4 Å². The molecule has 0 saturated carbocycles. The van der Waals surface area contributed by atoms with Gasteiger partial charge in [-0.3, -0.25) is 9.89 Å². The van der Waals surface area contributed by atoms with Gasteiger partial charge in [0.25, 0.3) is 0 Å². The molecule has 6 rings (SSSR count). The van der Waals surface area contributed by atoms with Crippen LogP contribution in [0.5, 0.6) is 5.75 Å². The maximum absolute atomic E-state index is 11.5. The van der Waals surface area contributed by atoms with Crippen molar-refractivity contribution in [3.63, 3.8) is 0 Å². The van der Waals surface area contributed by atoms with Crippen LogP contribution in [-0.2, 0) is 4.79 Å². The van der Waals surface area contributed by atoms with Gasteiger partial charge < -0.3 is 15.0 Å². The molecule has 1 aromatic heterocycles. The van der Waals surface area contributed by atoms with Crippen LogP contribution in [0.4, 0.5) is 0 Å². The van der Waals surface area contributed by atoms with Crippen LogP contribution < -0.4 is 10.1 Å². The molecule has 0 spiro atoms. The predicted molar refractivity (Wildman–Crippen MR) is 140 cm³/mol. The zero-order valence-corrected chi connectivity index (χ0v) is 20.2. The van der Waals surface area contributed by atoms with E-state index in [4.69, 9.17) is 4.74 Å². The van der Waals surface area contributed by atoms with E-state index < -0.39 is 0 Å². The fraction of sp³-hybridized carbons (Fsp3) is 0.379. The Kier molecular flexibility index (Phi) is 5.90. The Balaban J connectivity index is 1.29. The first-order valence-electron chi connectivity index (χ1n) is 12.9. The molecule has 6 nitrogen and oxygen atoms in total. The summed E-state index contributed by atoms with van der Waals surface area (Å²) in [5, 5.41) is 14.8. The summed E-state index contributed by atoms with van der Waals surface area (Å²) < 4.78 is 6.39. The summed E-state index contributed by atoms with van der Waals surface area (Å²) in [6.07, 6.45) is 6.64. The van der Waals surface area contributed by atoms with Crippen LogP contribution in [0.2, 0.25) is 0 Å². The number of likely N-dealkylation sites (tertiary alicyclic amines) is 1. The van der Waals surface area contributed by atoms with Gasteiger partial charge in [0.15, 0.2) is 0 Å². The lowest BCUT2D eigenvalue weighted by Crippen LogP contribution is -2.38. The van der Waals surface area contributed by atoms with E-state index in [2.05, 4.69) is 77.0 Å². The number of amides is 1. The third kappa shape index (κ3) is 4.16. The minimum Gasteiger partial charge on any atom is -0.489 e. The molecule has 2 N–H and O–H groups in total. The standard InChI is InChI=1S/C29H32N4O2/c1-2-28(26-5-3-13-30-26)35-23-11-9-19-15-22(8-7-20(19)16-23)29-24-17-21(10-12-25(24)31-32-29)27-6-4-14-33(27)18-34/h7-12,15-18,26-28,30H,2-6,13-14H2,1H3,(H,31,32). The van der Waals surface area contributed by atoms with Crippen LogP contribution in [0.3, 0.4) is 0 Å². The van der Waals surface area contributed by atoms with E-state index >= 15 is 0 Å². The smallest absolute Gasteiger partial charge is 0.210 e. The molecule has 3 aromatic carbocycles. The van der Waals surface area contributed by atoms with E-state index in [1.54, 1.807) is 0 Å². The number of benzene rings is 3. The SMILES string of the molecule is CCC(Oc1ccc2cc(-c3n[nH]c4ccc(C5CCCN5C=O)cc34)ccc2c1)C1CCCN1. The van der Waals surface area contributed by atoms with Gasteiger partial charge in [-0.2, -0.15) is 5.10 Å². The van der Waals surface area contributed by atoms with E-state index in [0.29, 0.717) is 6.04 Å². The van der Waals surface area contributed by atoms with Crippen molar-refractivity contribution in [3.05, 3.63) is 60.2 Å². The van der Waals surface area contributed by atoms with Gasteiger partial charge in [-0.1, -0.05) is 31.2 Å². The fourth-order valence-corrected chi connectivity index (χ4v) is 5.83. The molecule has 4 aromatic rings. The predicted octanol–water partition coefficient (Wildman–Crippen LogP) is 5.59. The summed E-state index contributed by atoms with van der Waals surface area (Å²) >= 11 is 0. The number of hydrogen-bond donors (Lipinski definition) is 2. The minimum atomic E-state index is 0.154. The lowest BCUT2D eigenvalue weighted by molar-refractivity contribution is -0.118. The Morgan fingerprint density at radius 3 is 2.80 bits per heavy atom. The van der Waals surface area contributed by atoms with Gasteiger partial charge in [0, 0.05) is 23.5 Å². The summed E-state index contributed by atoms with van der Waals surface area (Å²) in [5.74, 6) is 0.928. The highest BCUT2D eigenvalue weighted by Gasteiger charge is 2.26. The quantitative estimate of drug-likeness (QED) is 0.347. The highest BCUT2D eigenvalue weighted by Crippen LogP contribution is 2.35. The number of carbonyl (C=O) groups is 1. The minimum absolute atomic E-state index is 0.154. The molecule has 3 heterocycles.